The van der Waals surface area contributed by atoms with E-state index in [1.165, 1.54) is 0 Å². The topological polar surface area (TPSA) is 91.2 Å². The molecule has 32 heavy (non-hydrogen) atoms. The van der Waals surface area contributed by atoms with Crippen molar-refractivity contribution < 1.29 is 14.3 Å². The van der Waals surface area contributed by atoms with E-state index in [0.29, 0.717) is 29.5 Å². The number of carbonyl (C=O) groups excluding carboxylic acids is 1. The van der Waals surface area contributed by atoms with Gasteiger partial charge in [0.1, 0.15) is 11.5 Å². The molecule has 0 bridgehead atoms. The zero-order valence-corrected chi connectivity index (χ0v) is 18.3. The third-order valence-electron chi connectivity index (χ3n) is 5.14. The predicted molar refractivity (Wildman–Crippen MR) is 123 cm³/mol. The predicted octanol–water partition coefficient (Wildman–Crippen LogP) is 4.56. The lowest BCUT2D eigenvalue weighted by Gasteiger charge is -2.13. The molecule has 1 amide bonds. The van der Waals surface area contributed by atoms with Crippen LogP contribution in [0.15, 0.2) is 54.7 Å². The molecule has 4 rings (SSSR count). The number of methoxy groups -OCH3 is 1. The molecule has 0 atom stereocenters. The normalized spacial score (nSPS) is 10.8. The van der Waals surface area contributed by atoms with Crippen LogP contribution in [0.1, 0.15) is 35.9 Å². The number of anilines is 1. The van der Waals surface area contributed by atoms with E-state index in [1.807, 2.05) is 30.3 Å². The molecule has 164 valence electrons. The average molecular weight is 431 g/mol. The number of fused-ring (bicyclic) bond motifs is 1. The maximum Gasteiger partial charge on any atom is 0.278 e. The Kier molecular flexibility index (Phi) is 6.30. The van der Waals surface area contributed by atoms with E-state index < -0.39 is 0 Å². The molecule has 0 radical (unpaired) electrons. The van der Waals surface area contributed by atoms with Gasteiger partial charge in [0.15, 0.2) is 5.69 Å². The van der Waals surface area contributed by atoms with Crippen molar-refractivity contribution in [2.75, 3.05) is 19.0 Å². The van der Waals surface area contributed by atoms with Crippen LogP contribution in [0.5, 0.6) is 11.5 Å². The van der Waals surface area contributed by atoms with Gasteiger partial charge >= 0.3 is 0 Å². The van der Waals surface area contributed by atoms with Gasteiger partial charge < -0.3 is 14.8 Å². The van der Waals surface area contributed by atoms with Gasteiger partial charge in [0.25, 0.3) is 5.91 Å². The zero-order chi connectivity index (χ0) is 22.5. The van der Waals surface area contributed by atoms with Crippen LogP contribution in [0.4, 0.5) is 5.69 Å². The smallest absolute Gasteiger partial charge is 0.278 e. The number of rotatable bonds is 8. The Bertz CT molecular complexity index is 1250. The van der Waals surface area contributed by atoms with Crippen molar-refractivity contribution >= 4 is 22.5 Å². The summed E-state index contributed by atoms with van der Waals surface area (Å²) in [6.07, 6.45) is 3.67. The summed E-state index contributed by atoms with van der Waals surface area (Å²) in [6.45, 7) is 4.47. The number of amides is 1. The largest absolute Gasteiger partial charge is 0.497 e. The van der Waals surface area contributed by atoms with E-state index in [1.54, 1.807) is 43.1 Å². The Morgan fingerprint density at radius 3 is 2.81 bits per heavy atom. The quantitative estimate of drug-likeness (QED) is 0.411. The van der Waals surface area contributed by atoms with Crippen LogP contribution in [0.2, 0.25) is 0 Å². The number of aromatic nitrogens is 4. The third-order valence-corrected chi connectivity index (χ3v) is 5.14. The van der Waals surface area contributed by atoms with Crippen LogP contribution in [-0.4, -0.2) is 39.6 Å². The number of unbranched alkanes of at least 4 members (excludes halogenated alkanes) is 1. The minimum Gasteiger partial charge on any atom is -0.497 e. The highest BCUT2D eigenvalue weighted by atomic mass is 16.5. The van der Waals surface area contributed by atoms with Gasteiger partial charge in [-0.1, -0.05) is 36.8 Å². The SMILES string of the molecule is CCCCOc1ccc(OC)cc1NC(=O)c1nnn(-c2cccc3cccnc23)c1C. The minimum atomic E-state index is -0.379. The summed E-state index contributed by atoms with van der Waals surface area (Å²) in [5.41, 5.74) is 2.90. The zero-order valence-electron chi connectivity index (χ0n) is 18.3. The number of para-hydroxylation sites is 1. The van der Waals surface area contributed by atoms with E-state index in [2.05, 4.69) is 27.5 Å². The van der Waals surface area contributed by atoms with Gasteiger partial charge in [0.05, 0.1) is 36.3 Å². The maximum atomic E-state index is 13.1. The van der Waals surface area contributed by atoms with E-state index in [4.69, 9.17) is 9.47 Å². The Morgan fingerprint density at radius 1 is 1.16 bits per heavy atom. The molecule has 0 spiro atoms. The fraction of sp³-hybridized carbons (Fsp3) is 0.250. The molecular formula is C24H25N5O3. The van der Waals surface area contributed by atoms with E-state index in [9.17, 15) is 4.79 Å². The lowest BCUT2D eigenvalue weighted by atomic mass is 10.2. The molecule has 8 nitrogen and oxygen atoms in total. The molecule has 0 fully saturated rings. The van der Waals surface area contributed by atoms with Gasteiger partial charge in [-0.25, -0.2) is 4.68 Å². The molecule has 2 aromatic heterocycles. The Morgan fingerprint density at radius 2 is 2.00 bits per heavy atom. The number of hydrogen-bond acceptors (Lipinski definition) is 6. The summed E-state index contributed by atoms with van der Waals surface area (Å²) in [4.78, 5) is 17.6. The second-order valence-corrected chi connectivity index (χ2v) is 7.31. The Balaban J connectivity index is 1.64. The minimum absolute atomic E-state index is 0.222. The first-order valence-electron chi connectivity index (χ1n) is 10.5. The maximum absolute atomic E-state index is 13.1. The molecule has 0 saturated carbocycles. The van der Waals surface area contributed by atoms with E-state index >= 15 is 0 Å². The van der Waals surface area contributed by atoms with Crippen molar-refractivity contribution in [2.24, 2.45) is 0 Å². The number of pyridine rings is 1. The van der Waals surface area contributed by atoms with Crippen LogP contribution in [-0.2, 0) is 0 Å². The molecule has 0 aliphatic rings. The average Bonchev–Trinajstić information content (AvgIpc) is 3.20. The molecular weight excluding hydrogens is 406 g/mol. The van der Waals surface area contributed by atoms with Crippen molar-refractivity contribution in [1.82, 2.24) is 20.0 Å². The van der Waals surface area contributed by atoms with Crippen LogP contribution in [0.25, 0.3) is 16.6 Å². The molecule has 0 aliphatic heterocycles. The summed E-state index contributed by atoms with van der Waals surface area (Å²) in [5, 5.41) is 12.2. The fourth-order valence-corrected chi connectivity index (χ4v) is 3.39. The number of benzene rings is 2. The lowest BCUT2D eigenvalue weighted by molar-refractivity contribution is 0.102. The molecule has 4 aromatic rings. The summed E-state index contributed by atoms with van der Waals surface area (Å²) in [5.74, 6) is 0.816. The van der Waals surface area contributed by atoms with Crippen molar-refractivity contribution in [3.8, 4) is 17.2 Å². The van der Waals surface area contributed by atoms with Crippen molar-refractivity contribution in [1.29, 1.82) is 0 Å². The molecule has 2 aromatic carbocycles. The van der Waals surface area contributed by atoms with Crippen molar-refractivity contribution in [3.63, 3.8) is 0 Å². The number of carbonyl (C=O) groups is 1. The summed E-state index contributed by atoms with van der Waals surface area (Å²) in [7, 11) is 1.58. The Hall–Kier alpha value is -3.94. The Labute approximate surface area is 186 Å². The second-order valence-electron chi connectivity index (χ2n) is 7.31. The highest BCUT2D eigenvalue weighted by Crippen LogP contribution is 2.30. The van der Waals surface area contributed by atoms with Crippen LogP contribution in [0, 0.1) is 6.92 Å². The van der Waals surface area contributed by atoms with Crippen LogP contribution < -0.4 is 14.8 Å². The molecule has 0 unspecified atom stereocenters. The first-order valence-corrected chi connectivity index (χ1v) is 10.5. The lowest BCUT2D eigenvalue weighted by Crippen LogP contribution is -2.15. The first-order chi connectivity index (χ1) is 15.6. The summed E-state index contributed by atoms with van der Waals surface area (Å²) >= 11 is 0. The van der Waals surface area contributed by atoms with E-state index in [0.717, 1.165) is 29.4 Å². The van der Waals surface area contributed by atoms with Gasteiger partial charge in [-0.15, -0.1) is 5.10 Å². The summed E-state index contributed by atoms with van der Waals surface area (Å²) < 4.78 is 12.8. The fourth-order valence-electron chi connectivity index (χ4n) is 3.39. The molecule has 0 saturated heterocycles. The van der Waals surface area contributed by atoms with Crippen molar-refractivity contribution in [2.45, 2.75) is 26.7 Å². The number of nitrogens with zero attached hydrogens (tertiary/aromatic N) is 4. The van der Waals surface area contributed by atoms with Gasteiger partial charge in [0, 0.05) is 17.6 Å². The third kappa shape index (κ3) is 4.25. The monoisotopic (exact) mass is 431 g/mol. The van der Waals surface area contributed by atoms with Crippen LogP contribution in [0.3, 0.4) is 0 Å². The van der Waals surface area contributed by atoms with Gasteiger partial charge in [-0.3, -0.25) is 9.78 Å². The number of ether oxygens (including phenoxy) is 2. The van der Waals surface area contributed by atoms with Crippen LogP contribution >= 0.6 is 0 Å². The van der Waals surface area contributed by atoms with Gasteiger partial charge in [0.2, 0.25) is 0 Å². The standard InChI is InChI=1S/C24H25N5O3/c1-4-5-14-32-21-12-11-18(31-3)15-19(21)26-24(30)22-16(2)29(28-27-22)20-10-6-8-17-9-7-13-25-23(17)20/h6-13,15H,4-5,14H2,1-3H3,(H,26,30). The molecule has 2 heterocycles. The molecule has 8 heteroatoms. The summed E-state index contributed by atoms with van der Waals surface area (Å²) in [6, 6.07) is 15.0. The number of nitrogens with one attached hydrogen (secondary N) is 1. The highest BCUT2D eigenvalue weighted by Gasteiger charge is 2.20. The van der Waals surface area contributed by atoms with Gasteiger partial charge in [-0.05, 0) is 37.6 Å². The van der Waals surface area contributed by atoms with Crippen molar-refractivity contribution in [3.05, 3.63) is 66.1 Å². The van der Waals surface area contributed by atoms with E-state index in [-0.39, 0.29) is 11.6 Å². The highest BCUT2D eigenvalue weighted by molar-refractivity contribution is 6.04. The second kappa shape index (κ2) is 9.47. The molecule has 0 aliphatic carbocycles. The first kappa shape index (κ1) is 21.3. The molecule has 1 N–H and O–H groups in total. The number of hydrogen-bond donors (Lipinski definition) is 1. The van der Waals surface area contributed by atoms with Gasteiger partial charge in [-0.2, -0.15) is 0 Å².